The Morgan fingerprint density at radius 3 is 2.54 bits per heavy atom. The van der Waals surface area contributed by atoms with Crippen LogP contribution in [0, 0.1) is 24.0 Å². The molecule has 0 saturated heterocycles. The number of nitrogens with zero attached hydrogens (tertiary/aromatic N) is 4. The van der Waals surface area contributed by atoms with Crippen LogP contribution in [0.1, 0.15) is 23.1 Å². The summed E-state index contributed by atoms with van der Waals surface area (Å²) in [6.07, 6.45) is 2.12. The van der Waals surface area contributed by atoms with Gasteiger partial charge in [0.05, 0.1) is 10.6 Å². The Labute approximate surface area is 154 Å². The van der Waals surface area contributed by atoms with Gasteiger partial charge in [0, 0.05) is 4.88 Å². The molecule has 1 N–H and O–H groups in total. The highest BCUT2D eigenvalue weighted by atomic mass is 32.1. The average molecular weight is 371 g/mol. The predicted molar refractivity (Wildman–Crippen MR) is 99.5 cm³/mol. The van der Waals surface area contributed by atoms with Crippen LogP contribution in [-0.4, -0.2) is 19.9 Å². The summed E-state index contributed by atoms with van der Waals surface area (Å²) in [5, 5.41) is 15.0. The van der Waals surface area contributed by atoms with E-state index >= 15 is 0 Å². The molecule has 8 nitrogen and oxygen atoms in total. The second-order valence-electron chi connectivity index (χ2n) is 5.52. The molecule has 26 heavy (non-hydrogen) atoms. The number of nitro groups is 1. The molecule has 134 valence electrons. The van der Waals surface area contributed by atoms with E-state index in [2.05, 4.69) is 20.3 Å². The van der Waals surface area contributed by atoms with Gasteiger partial charge in [0.2, 0.25) is 5.82 Å². The lowest BCUT2D eigenvalue weighted by molar-refractivity contribution is -0.385. The van der Waals surface area contributed by atoms with Gasteiger partial charge < -0.3 is 10.1 Å². The van der Waals surface area contributed by atoms with Crippen LogP contribution in [-0.2, 0) is 6.42 Å². The van der Waals surface area contributed by atoms with Crippen molar-refractivity contribution < 1.29 is 9.66 Å². The number of hydrogen-bond acceptors (Lipinski definition) is 8. The number of hydrogen-bond donors (Lipinski definition) is 1. The van der Waals surface area contributed by atoms with Crippen molar-refractivity contribution in [3.63, 3.8) is 0 Å². The highest BCUT2D eigenvalue weighted by Gasteiger charge is 2.26. The summed E-state index contributed by atoms with van der Waals surface area (Å²) >= 11 is 1.40. The maximum atomic E-state index is 11.6. The summed E-state index contributed by atoms with van der Waals surface area (Å²) < 4.78 is 5.63. The Hall–Kier alpha value is -3.07. The molecule has 0 spiro atoms. The summed E-state index contributed by atoms with van der Waals surface area (Å²) in [4.78, 5) is 24.3. The van der Waals surface area contributed by atoms with E-state index in [0.29, 0.717) is 10.9 Å². The molecule has 0 saturated carbocycles. The predicted octanol–water partition coefficient (Wildman–Crippen LogP) is 4.56. The Morgan fingerprint density at radius 2 is 1.96 bits per heavy atom. The van der Waals surface area contributed by atoms with E-state index in [1.165, 1.54) is 17.7 Å². The molecular formula is C17H17N5O3S. The molecule has 0 unspecified atom stereocenters. The van der Waals surface area contributed by atoms with E-state index in [1.807, 2.05) is 32.9 Å². The number of anilines is 2. The van der Waals surface area contributed by atoms with Gasteiger partial charge in [-0.05, 0) is 38.0 Å². The van der Waals surface area contributed by atoms with Crippen molar-refractivity contribution in [3.8, 4) is 11.6 Å². The lowest BCUT2D eigenvalue weighted by Crippen LogP contribution is -2.03. The minimum atomic E-state index is -0.564. The average Bonchev–Trinajstić information content (AvgIpc) is 2.93. The van der Waals surface area contributed by atoms with Gasteiger partial charge >= 0.3 is 11.6 Å². The van der Waals surface area contributed by atoms with Gasteiger partial charge in [0.15, 0.2) is 5.13 Å². The third kappa shape index (κ3) is 3.77. The van der Waals surface area contributed by atoms with Gasteiger partial charge in [-0.2, -0.15) is 4.98 Å². The molecule has 0 aliphatic heterocycles. The molecule has 0 atom stereocenters. The first-order chi connectivity index (χ1) is 12.5. The third-order valence-corrected chi connectivity index (χ3v) is 4.76. The molecule has 2 aromatic heterocycles. The van der Waals surface area contributed by atoms with E-state index in [-0.39, 0.29) is 17.4 Å². The van der Waals surface area contributed by atoms with Crippen molar-refractivity contribution in [2.75, 3.05) is 5.32 Å². The van der Waals surface area contributed by atoms with Gasteiger partial charge in [0.1, 0.15) is 12.1 Å². The summed E-state index contributed by atoms with van der Waals surface area (Å²) in [5.41, 5.74) is 1.67. The van der Waals surface area contributed by atoms with Crippen LogP contribution in [0.3, 0.4) is 0 Å². The molecule has 0 aliphatic rings. The number of benzene rings is 1. The van der Waals surface area contributed by atoms with Crippen LogP contribution in [0.15, 0.2) is 30.6 Å². The monoisotopic (exact) mass is 371 g/mol. The molecule has 0 amide bonds. The van der Waals surface area contributed by atoms with Gasteiger partial charge in [-0.3, -0.25) is 10.1 Å². The normalized spacial score (nSPS) is 10.6. The molecule has 0 radical (unpaired) electrons. The molecule has 0 bridgehead atoms. The topological polar surface area (TPSA) is 103 Å². The third-order valence-electron chi connectivity index (χ3n) is 3.77. The Balaban J connectivity index is 1.93. The SMILES string of the molecule is CCc1ccc(Oc2ncnc(Nc3nc(C)c(C)s3)c2[N+](=O)[O-])cc1. The zero-order chi connectivity index (χ0) is 18.7. The fraction of sp³-hybridized carbons (Fsp3) is 0.235. The summed E-state index contributed by atoms with van der Waals surface area (Å²) in [6, 6.07) is 7.32. The highest BCUT2D eigenvalue weighted by molar-refractivity contribution is 7.15. The van der Waals surface area contributed by atoms with Crippen molar-refractivity contribution in [2.24, 2.45) is 0 Å². The highest BCUT2D eigenvalue weighted by Crippen LogP contribution is 2.36. The van der Waals surface area contributed by atoms with E-state index in [9.17, 15) is 10.1 Å². The standard InChI is InChI=1S/C17H17N5O3S/c1-4-12-5-7-13(8-6-12)25-16-14(22(23)24)15(18-9-19-16)21-17-20-10(2)11(3)26-17/h5-9H,4H2,1-3H3,(H,18,19,20,21). The minimum Gasteiger partial charge on any atom is -0.434 e. The van der Waals surface area contributed by atoms with Crippen LogP contribution >= 0.6 is 11.3 Å². The van der Waals surface area contributed by atoms with Gasteiger partial charge in [-0.15, -0.1) is 11.3 Å². The van der Waals surface area contributed by atoms with Gasteiger partial charge in [-0.1, -0.05) is 19.1 Å². The Bertz CT molecular complexity index is 921. The number of ether oxygens (including phenoxy) is 1. The first kappa shape index (κ1) is 17.7. The summed E-state index contributed by atoms with van der Waals surface area (Å²) in [6.45, 7) is 5.85. The number of aromatic nitrogens is 3. The van der Waals surface area contributed by atoms with Crippen LogP contribution in [0.4, 0.5) is 16.6 Å². The zero-order valence-corrected chi connectivity index (χ0v) is 15.3. The second kappa shape index (κ2) is 7.44. The van der Waals surface area contributed by atoms with Crippen molar-refractivity contribution in [3.05, 3.63) is 56.8 Å². The van der Waals surface area contributed by atoms with Crippen LogP contribution in [0.2, 0.25) is 0 Å². The van der Waals surface area contributed by atoms with Crippen molar-refractivity contribution in [1.29, 1.82) is 0 Å². The van der Waals surface area contributed by atoms with E-state index in [0.717, 1.165) is 22.6 Å². The van der Waals surface area contributed by atoms with Crippen LogP contribution < -0.4 is 10.1 Å². The maximum Gasteiger partial charge on any atom is 0.373 e. The number of thiazole rings is 1. The van der Waals surface area contributed by atoms with Crippen LogP contribution in [0.5, 0.6) is 11.6 Å². The maximum absolute atomic E-state index is 11.6. The van der Waals surface area contributed by atoms with Gasteiger partial charge in [-0.25, -0.2) is 9.97 Å². The first-order valence-electron chi connectivity index (χ1n) is 7.95. The van der Waals surface area contributed by atoms with E-state index < -0.39 is 4.92 Å². The lowest BCUT2D eigenvalue weighted by Gasteiger charge is -2.08. The van der Waals surface area contributed by atoms with Crippen molar-refractivity contribution >= 4 is 28.0 Å². The molecule has 3 aromatic rings. The van der Waals surface area contributed by atoms with E-state index in [4.69, 9.17) is 4.74 Å². The summed E-state index contributed by atoms with van der Waals surface area (Å²) in [5.74, 6) is 0.386. The van der Waals surface area contributed by atoms with Gasteiger partial charge in [0.25, 0.3) is 0 Å². The smallest absolute Gasteiger partial charge is 0.373 e. The van der Waals surface area contributed by atoms with Crippen molar-refractivity contribution in [2.45, 2.75) is 27.2 Å². The molecule has 1 aromatic carbocycles. The fourth-order valence-electron chi connectivity index (χ4n) is 2.23. The minimum absolute atomic E-state index is 0.0407. The van der Waals surface area contributed by atoms with Crippen molar-refractivity contribution in [1.82, 2.24) is 15.0 Å². The fourth-order valence-corrected chi connectivity index (χ4v) is 3.04. The Morgan fingerprint density at radius 1 is 1.23 bits per heavy atom. The Kier molecular flexibility index (Phi) is 5.08. The number of nitrogens with one attached hydrogen (secondary N) is 1. The van der Waals surface area contributed by atoms with E-state index in [1.54, 1.807) is 12.1 Å². The summed E-state index contributed by atoms with van der Waals surface area (Å²) in [7, 11) is 0. The van der Waals surface area contributed by atoms with Crippen LogP contribution in [0.25, 0.3) is 0 Å². The first-order valence-corrected chi connectivity index (χ1v) is 8.76. The zero-order valence-electron chi connectivity index (χ0n) is 14.5. The molecule has 9 heteroatoms. The number of aryl methyl sites for hydroxylation is 3. The lowest BCUT2D eigenvalue weighted by atomic mass is 10.2. The quantitative estimate of drug-likeness (QED) is 0.500. The molecular weight excluding hydrogens is 354 g/mol. The number of rotatable bonds is 6. The largest absolute Gasteiger partial charge is 0.434 e. The molecule has 2 heterocycles. The molecule has 0 fully saturated rings. The second-order valence-corrected chi connectivity index (χ2v) is 6.72. The molecule has 3 rings (SSSR count). The molecule has 0 aliphatic carbocycles.